The van der Waals surface area contributed by atoms with E-state index in [1.807, 2.05) is 6.07 Å². The molecule has 0 spiro atoms. The highest BCUT2D eigenvalue weighted by Gasteiger charge is 2.16. The van der Waals surface area contributed by atoms with Crippen LogP contribution in [0.15, 0.2) is 36.5 Å². The van der Waals surface area contributed by atoms with Gasteiger partial charge in [-0.3, -0.25) is 4.98 Å². The van der Waals surface area contributed by atoms with Gasteiger partial charge in [0.25, 0.3) is 0 Å². The van der Waals surface area contributed by atoms with E-state index in [0.29, 0.717) is 47.0 Å². The minimum absolute atomic E-state index is 0.371. The van der Waals surface area contributed by atoms with Crippen molar-refractivity contribution in [3.63, 3.8) is 0 Å². The Kier molecular flexibility index (Phi) is 6.32. The lowest BCUT2D eigenvalue weighted by atomic mass is 10.1. The van der Waals surface area contributed by atoms with Crippen molar-refractivity contribution in [2.75, 3.05) is 0 Å². The highest BCUT2D eigenvalue weighted by molar-refractivity contribution is 14.1. The molecule has 1 heterocycles. The fraction of sp³-hybridized carbons (Fsp3) is 0. The first-order valence-corrected chi connectivity index (χ1v) is 10.1. The molecule has 0 aliphatic rings. The molecule has 0 saturated heterocycles. The number of hydrogen-bond acceptors (Lipinski definition) is 1. The van der Waals surface area contributed by atoms with Crippen LogP contribution in [0.25, 0.3) is 22.4 Å². The van der Waals surface area contributed by atoms with E-state index in [0.717, 1.165) is 9.13 Å². The van der Waals surface area contributed by atoms with Crippen molar-refractivity contribution < 1.29 is 0 Å². The molecule has 0 atom stereocenters. The molecule has 0 amide bonds. The maximum atomic E-state index is 6.31. The SMILES string of the molecule is Clc1cc(Cl)c(Cl)c(-c2cnc(-c3cc(Cl)cc(Cl)c3Cl)c(I)c2)c1. The molecule has 3 rings (SSSR count). The molecule has 1 aromatic heterocycles. The quantitative estimate of drug-likeness (QED) is 0.224. The summed E-state index contributed by atoms with van der Waals surface area (Å²) in [7, 11) is 0. The number of aromatic nitrogens is 1. The summed E-state index contributed by atoms with van der Waals surface area (Å²) in [6.45, 7) is 0. The molecule has 0 unspecified atom stereocenters. The van der Waals surface area contributed by atoms with Crippen molar-refractivity contribution in [1.82, 2.24) is 4.98 Å². The molecule has 3 aromatic rings. The fourth-order valence-corrected chi connectivity index (χ4v) is 4.45. The molecule has 0 saturated carbocycles. The second kappa shape index (κ2) is 7.97. The van der Waals surface area contributed by atoms with Crippen molar-refractivity contribution in [3.05, 3.63) is 70.2 Å². The molecule has 0 aliphatic carbocycles. The summed E-state index contributed by atoms with van der Waals surface area (Å²) in [6, 6.07) is 8.57. The van der Waals surface area contributed by atoms with Crippen molar-refractivity contribution in [1.29, 1.82) is 0 Å². The zero-order valence-electron chi connectivity index (χ0n) is 12.1. The Morgan fingerprint density at radius 2 is 1.20 bits per heavy atom. The van der Waals surface area contributed by atoms with Crippen LogP contribution in [0, 0.1) is 3.57 Å². The van der Waals surface area contributed by atoms with Crippen LogP contribution in [-0.4, -0.2) is 4.98 Å². The van der Waals surface area contributed by atoms with Crippen LogP contribution in [0.5, 0.6) is 0 Å². The van der Waals surface area contributed by atoms with Crippen LogP contribution in [0.2, 0.25) is 30.1 Å². The minimum Gasteiger partial charge on any atom is -0.254 e. The first kappa shape index (κ1) is 19.8. The van der Waals surface area contributed by atoms with E-state index in [1.54, 1.807) is 30.5 Å². The van der Waals surface area contributed by atoms with Crippen LogP contribution in [0.1, 0.15) is 0 Å². The third kappa shape index (κ3) is 4.16. The Morgan fingerprint density at radius 3 is 1.76 bits per heavy atom. The van der Waals surface area contributed by atoms with E-state index in [-0.39, 0.29) is 0 Å². The number of rotatable bonds is 2. The Bertz CT molecular complexity index is 989. The van der Waals surface area contributed by atoms with Crippen LogP contribution in [-0.2, 0) is 0 Å². The summed E-state index contributed by atoms with van der Waals surface area (Å²) < 4.78 is 0.850. The molecule has 0 radical (unpaired) electrons. The van der Waals surface area contributed by atoms with Gasteiger partial charge >= 0.3 is 0 Å². The van der Waals surface area contributed by atoms with Gasteiger partial charge < -0.3 is 0 Å². The number of nitrogens with zero attached hydrogens (tertiary/aromatic N) is 1. The lowest BCUT2D eigenvalue weighted by molar-refractivity contribution is 1.30. The van der Waals surface area contributed by atoms with Gasteiger partial charge in [0, 0.05) is 36.5 Å². The monoisotopic (exact) mass is 561 g/mol. The summed E-state index contributed by atoms with van der Waals surface area (Å²) in [4.78, 5) is 4.51. The van der Waals surface area contributed by atoms with Crippen molar-refractivity contribution in [2.24, 2.45) is 0 Å². The maximum absolute atomic E-state index is 6.31. The molecule has 2 aromatic carbocycles. The van der Waals surface area contributed by atoms with E-state index >= 15 is 0 Å². The Morgan fingerprint density at radius 1 is 0.680 bits per heavy atom. The van der Waals surface area contributed by atoms with Crippen LogP contribution < -0.4 is 0 Å². The molecular weight excluding hydrogens is 558 g/mol. The number of hydrogen-bond donors (Lipinski definition) is 0. The van der Waals surface area contributed by atoms with Gasteiger partial charge in [-0.2, -0.15) is 0 Å². The standard InChI is InChI=1S/C17H6Cl6IN/c18-8-2-10(15(22)12(20)4-8)7-1-14(24)17(25-6-7)11-3-9(19)5-13(21)16(11)23/h1-6H. The van der Waals surface area contributed by atoms with Crippen molar-refractivity contribution in [2.45, 2.75) is 0 Å². The van der Waals surface area contributed by atoms with Crippen LogP contribution >= 0.6 is 92.2 Å². The van der Waals surface area contributed by atoms with Crippen LogP contribution in [0.4, 0.5) is 0 Å². The molecular formula is C17H6Cl6IN. The highest BCUT2D eigenvalue weighted by Crippen LogP contribution is 2.40. The average molecular weight is 564 g/mol. The summed E-state index contributed by atoms with van der Waals surface area (Å²) in [5, 5.41) is 2.54. The molecule has 8 heteroatoms. The van der Waals surface area contributed by atoms with Gasteiger partial charge in [-0.25, -0.2) is 0 Å². The van der Waals surface area contributed by atoms with E-state index in [4.69, 9.17) is 69.6 Å². The fourth-order valence-electron chi connectivity index (χ4n) is 2.28. The summed E-state index contributed by atoms with van der Waals surface area (Å²) in [5.41, 5.74) is 2.81. The lowest BCUT2D eigenvalue weighted by Crippen LogP contribution is -1.92. The summed E-state index contributed by atoms with van der Waals surface area (Å²) >= 11 is 39.2. The van der Waals surface area contributed by atoms with Gasteiger partial charge in [0.1, 0.15) is 0 Å². The van der Waals surface area contributed by atoms with Gasteiger partial charge in [-0.05, 0) is 52.9 Å². The topological polar surface area (TPSA) is 12.9 Å². The number of halogens is 7. The first-order valence-electron chi connectivity index (χ1n) is 6.73. The van der Waals surface area contributed by atoms with E-state index < -0.39 is 0 Å². The Labute approximate surface area is 188 Å². The molecule has 0 fully saturated rings. The van der Waals surface area contributed by atoms with Gasteiger partial charge in [0.05, 0.1) is 25.8 Å². The van der Waals surface area contributed by atoms with Gasteiger partial charge in [0.15, 0.2) is 0 Å². The number of benzene rings is 2. The molecule has 0 aliphatic heterocycles. The smallest absolute Gasteiger partial charge is 0.0851 e. The third-order valence-electron chi connectivity index (χ3n) is 3.39. The molecule has 1 nitrogen and oxygen atoms in total. The summed E-state index contributed by atoms with van der Waals surface area (Å²) in [5.74, 6) is 0. The third-order valence-corrected chi connectivity index (χ3v) is 6.26. The second-order valence-corrected chi connectivity index (χ2v) is 8.66. The zero-order valence-corrected chi connectivity index (χ0v) is 18.8. The maximum Gasteiger partial charge on any atom is 0.0851 e. The van der Waals surface area contributed by atoms with E-state index in [9.17, 15) is 0 Å². The van der Waals surface area contributed by atoms with E-state index in [1.165, 1.54) is 0 Å². The van der Waals surface area contributed by atoms with Gasteiger partial charge in [0.2, 0.25) is 0 Å². The van der Waals surface area contributed by atoms with Crippen molar-refractivity contribution >= 4 is 92.2 Å². The van der Waals surface area contributed by atoms with Gasteiger partial charge in [-0.1, -0.05) is 69.6 Å². The first-order chi connectivity index (χ1) is 11.8. The predicted octanol–water partition coefficient (Wildman–Crippen LogP) is 8.94. The predicted molar refractivity (Wildman–Crippen MR) is 118 cm³/mol. The molecule has 128 valence electrons. The van der Waals surface area contributed by atoms with Crippen LogP contribution in [0.3, 0.4) is 0 Å². The minimum atomic E-state index is 0.371. The van der Waals surface area contributed by atoms with E-state index in [2.05, 4.69) is 27.6 Å². The lowest BCUT2D eigenvalue weighted by Gasteiger charge is -2.12. The molecule has 0 bridgehead atoms. The number of pyridine rings is 1. The Hall–Kier alpha value is 0.0600. The van der Waals surface area contributed by atoms with Crippen molar-refractivity contribution in [3.8, 4) is 22.4 Å². The van der Waals surface area contributed by atoms with Gasteiger partial charge in [-0.15, -0.1) is 0 Å². The highest BCUT2D eigenvalue weighted by atomic mass is 127. The largest absolute Gasteiger partial charge is 0.254 e. The summed E-state index contributed by atoms with van der Waals surface area (Å²) in [6.07, 6.45) is 1.68. The molecule has 25 heavy (non-hydrogen) atoms. The second-order valence-electron chi connectivity index (χ2n) is 5.05. The average Bonchev–Trinajstić information content (AvgIpc) is 2.54. The Balaban J connectivity index is 2.15. The normalized spacial score (nSPS) is 11.0. The zero-order chi connectivity index (χ0) is 18.3. The molecule has 0 N–H and O–H groups in total.